The van der Waals surface area contributed by atoms with E-state index in [-0.39, 0.29) is 23.0 Å². The number of phenols is 1. The van der Waals surface area contributed by atoms with Crippen molar-refractivity contribution in [2.45, 2.75) is 13.3 Å². The number of phenolic OH excluding ortho intramolecular Hbond substituents is 1. The highest BCUT2D eigenvalue weighted by Crippen LogP contribution is 2.38. The lowest BCUT2D eigenvalue weighted by Crippen LogP contribution is -2.20. The normalized spacial score (nSPS) is 12.1. The molecular weight excluding hydrogens is 400 g/mol. The fourth-order valence-electron chi connectivity index (χ4n) is 2.91. The Labute approximate surface area is 157 Å². The van der Waals surface area contributed by atoms with Crippen LogP contribution in [0.2, 0.25) is 0 Å². The van der Waals surface area contributed by atoms with Gasteiger partial charge < -0.3 is 19.6 Å². The lowest BCUT2D eigenvalue weighted by molar-refractivity contribution is 0.318. The number of ether oxygens (including phenoxy) is 2. The van der Waals surface area contributed by atoms with Crippen LogP contribution in [0.3, 0.4) is 0 Å². The molecule has 0 aliphatic carbocycles. The zero-order valence-electron chi connectivity index (χ0n) is 13.9. The van der Waals surface area contributed by atoms with Crippen molar-refractivity contribution in [3.05, 3.63) is 62.4 Å². The molecule has 2 heterocycles. The predicted octanol–water partition coefficient (Wildman–Crippen LogP) is 4.00. The van der Waals surface area contributed by atoms with Crippen molar-refractivity contribution in [3.8, 4) is 34.5 Å². The summed E-state index contributed by atoms with van der Waals surface area (Å²) >= 11 is 3.42. The Kier molecular flexibility index (Phi) is 4.16. The van der Waals surface area contributed by atoms with Gasteiger partial charge in [0, 0.05) is 16.5 Å². The van der Waals surface area contributed by atoms with Crippen molar-refractivity contribution in [2.24, 2.45) is 0 Å². The molecule has 1 aliphatic heterocycles. The molecule has 4 rings (SSSR count). The zero-order valence-corrected chi connectivity index (χ0v) is 15.5. The third-order valence-electron chi connectivity index (χ3n) is 4.13. The van der Waals surface area contributed by atoms with Crippen molar-refractivity contribution >= 4 is 15.9 Å². The molecule has 26 heavy (non-hydrogen) atoms. The molecule has 0 saturated carbocycles. The predicted molar refractivity (Wildman–Crippen MR) is 100 cm³/mol. The number of rotatable bonds is 3. The number of aromatic nitrogens is 2. The number of aromatic hydroxyl groups is 1. The number of benzene rings is 2. The minimum atomic E-state index is -0.295. The van der Waals surface area contributed by atoms with E-state index in [1.165, 1.54) is 0 Å². The summed E-state index contributed by atoms with van der Waals surface area (Å²) < 4.78 is 12.1. The molecule has 0 saturated heterocycles. The van der Waals surface area contributed by atoms with E-state index in [9.17, 15) is 9.90 Å². The standard InChI is InChI=1S/C19H15BrN2O4/c1-2-25-15-5-3-4-12(16(15)23)17-21-18(24)13-9-10-8-11(20)6-7-14(10)26-19(13)22-17/h3-8,23H,2,9H2,1H3,(H,21,22,24). The summed E-state index contributed by atoms with van der Waals surface area (Å²) in [5.41, 5.74) is 1.45. The minimum Gasteiger partial charge on any atom is -0.504 e. The van der Waals surface area contributed by atoms with Gasteiger partial charge in [0.25, 0.3) is 5.56 Å². The van der Waals surface area contributed by atoms with Crippen molar-refractivity contribution < 1.29 is 14.6 Å². The summed E-state index contributed by atoms with van der Waals surface area (Å²) in [7, 11) is 0. The van der Waals surface area contributed by atoms with Crippen molar-refractivity contribution in [2.75, 3.05) is 6.61 Å². The van der Waals surface area contributed by atoms with Crippen molar-refractivity contribution in [1.82, 2.24) is 9.97 Å². The molecule has 0 atom stereocenters. The van der Waals surface area contributed by atoms with Crippen molar-refractivity contribution in [1.29, 1.82) is 0 Å². The number of nitrogens with one attached hydrogen (secondary N) is 1. The zero-order chi connectivity index (χ0) is 18.3. The molecule has 0 amide bonds. The van der Waals surface area contributed by atoms with Gasteiger partial charge >= 0.3 is 0 Å². The van der Waals surface area contributed by atoms with Gasteiger partial charge in [-0.1, -0.05) is 22.0 Å². The SMILES string of the molecule is CCOc1cccc(-c2nc3c(c(=O)[nH]2)Cc2cc(Br)ccc2O3)c1O. The summed E-state index contributed by atoms with van der Waals surface area (Å²) in [5.74, 6) is 1.41. The number of aromatic amines is 1. The van der Waals surface area contributed by atoms with Crippen LogP contribution in [0.5, 0.6) is 23.1 Å². The first-order valence-corrected chi connectivity index (χ1v) is 8.90. The summed E-state index contributed by atoms with van der Waals surface area (Å²) in [6.07, 6.45) is 0.428. The summed E-state index contributed by atoms with van der Waals surface area (Å²) in [5, 5.41) is 10.4. The van der Waals surface area contributed by atoms with Gasteiger partial charge in [0.15, 0.2) is 11.5 Å². The van der Waals surface area contributed by atoms with Crippen LogP contribution in [-0.4, -0.2) is 21.7 Å². The Hall–Kier alpha value is -2.80. The Bertz CT molecular complexity index is 1060. The number of nitrogens with zero attached hydrogens (tertiary/aromatic N) is 1. The molecule has 2 aromatic carbocycles. The summed E-state index contributed by atoms with van der Waals surface area (Å²) in [4.78, 5) is 19.7. The average molecular weight is 415 g/mol. The lowest BCUT2D eigenvalue weighted by atomic mass is 10.0. The quantitative estimate of drug-likeness (QED) is 0.529. The topological polar surface area (TPSA) is 84.4 Å². The lowest BCUT2D eigenvalue weighted by Gasteiger charge is -2.19. The molecule has 6 nitrogen and oxygen atoms in total. The van der Waals surface area contributed by atoms with Gasteiger partial charge in [0.1, 0.15) is 11.6 Å². The molecule has 3 aromatic rings. The molecule has 7 heteroatoms. The second-order valence-electron chi connectivity index (χ2n) is 5.81. The number of fused-ring (bicyclic) bond motifs is 2. The molecule has 0 fully saturated rings. The van der Waals surface area contributed by atoms with E-state index in [1.54, 1.807) is 18.2 Å². The molecule has 0 bridgehead atoms. The van der Waals surface area contributed by atoms with E-state index < -0.39 is 0 Å². The van der Waals surface area contributed by atoms with Crippen LogP contribution in [0.4, 0.5) is 0 Å². The second kappa shape index (κ2) is 6.49. The van der Waals surface area contributed by atoms with Gasteiger partial charge in [-0.25, -0.2) is 0 Å². The molecule has 1 aliphatic rings. The highest BCUT2D eigenvalue weighted by atomic mass is 79.9. The van der Waals surface area contributed by atoms with Gasteiger partial charge in [-0.3, -0.25) is 4.79 Å². The molecule has 132 valence electrons. The Morgan fingerprint density at radius 2 is 2.19 bits per heavy atom. The molecular formula is C19H15BrN2O4. The van der Waals surface area contributed by atoms with Crippen LogP contribution in [0, 0.1) is 0 Å². The van der Waals surface area contributed by atoms with Gasteiger partial charge in [-0.2, -0.15) is 4.98 Å². The number of halogens is 1. The Balaban J connectivity index is 1.80. The number of para-hydroxylation sites is 1. The van der Waals surface area contributed by atoms with E-state index in [2.05, 4.69) is 25.9 Å². The van der Waals surface area contributed by atoms with Crippen LogP contribution >= 0.6 is 15.9 Å². The number of H-pyrrole nitrogens is 1. The number of hydrogen-bond donors (Lipinski definition) is 2. The maximum atomic E-state index is 12.6. The summed E-state index contributed by atoms with van der Waals surface area (Å²) in [6.45, 7) is 2.25. The molecule has 0 unspecified atom stereocenters. The first-order chi connectivity index (χ1) is 12.6. The minimum absolute atomic E-state index is 0.0717. The van der Waals surface area contributed by atoms with Crippen LogP contribution < -0.4 is 15.0 Å². The second-order valence-corrected chi connectivity index (χ2v) is 6.73. The van der Waals surface area contributed by atoms with Gasteiger partial charge in [0.2, 0.25) is 5.88 Å². The van der Waals surface area contributed by atoms with E-state index in [4.69, 9.17) is 9.47 Å². The first-order valence-electron chi connectivity index (χ1n) is 8.11. The largest absolute Gasteiger partial charge is 0.504 e. The summed E-state index contributed by atoms with van der Waals surface area (Å²) in [6, 6.07) is 10.7. The molecule has 1 aromatic heterocycles. The average Bonchev–Trinajstić information content (AvgIpc) is 2.62. The van der Waals surface area contributed by atoms with E-state index >= 15 is 0 Å². The highest BCUT2D eigenvalue weighted by molar-refractivity contribution is 9.10. The van der Waals surface area contributed by atoms with Crippen LogP contribution in [0.1, 0.15) is 18.1 Å². The first kappa shape index (κ1) is 16.7. The third kappa shape index (κ3) is 2.84. The Morgan fingerprint density at radius 3 is 3.00 bits per heavy atom. The van der Waals surface area contributed by atoms with Crippen molar-refractivity contribution in [3.63, 3.8) is 0 Å². The van der Waals surface area contributed by atoms with E-state index in [0.29, 0.717) is 35.7 Å². The molecule has 0 radical (unpaired) electrons. The van der Waals surface area contributed by atoms with Gasteiger partial charge in [-0.15, -0.1) is 0 Å². The fraction of sp³-hybridized carbons (Fsp3) is 0.158. The van der Waals surface area contributed by atoms with Crippen LogP contribution in [0.15, 0.2) is 45.7 Å². The van der Waals surface area contributed by atoms with Gasteiger partial charge in [0.05, 0.1) is 17.7 Å². The number of hydrogen-bond acceptors (Lipinski definition) is 5. The third-order valence-corrected chi connectivity index (χ3v) is 4.62. The van der Waals surface area contributed by atoms with Crippen LogP contribution in [0.25, 0.3) is 11.4 Å². The fourth-order valence-corrected chi connectivity index (χ4v) is 3.32. The van der Waals surface area contributed by atoms with Crippen LogP contribution in [-0.2, 0) is 6.42 Å². The maximum Gasteiger partial charge on any atom is 0.258 e. The van der Waals surface area contributed by atoms with E-state index in [1.807, 2.05) is 25.1 Å². The van der Waals surface area contributed by atoms with E-state index in [0.717, 1.165) is 10.0 Å². The Morgan fingerprint density at radius 1 is 1.35 bits per heavy atom. The maximum absolute atomic E-state index is 12.6. The smallest absolute Gasteiger partial charge is 0.258 e. The highest BCUT2D eigenvalue weighted by Gasteiger charge is 2.23. The van der Waals surface area contributed by atoms with Gasteiger partial charge in [-0.05, 0) is 37.3 Å². The monoisotopic (exact) mass is 414 g/mol. The molecule has 0 spiro atoms. The molecule has 2 N–H and O–H groups in total.